The van der Waals surface area contributed by atoms with Crippen molar-refractivity contribution in [2.24, 2.45) is 0 Å². The van der Waals surface area contributed by atoms with Crippen LogP contribution in [0.3, 0.4) is 0 Å². The van der Waals surface area contributed by atoms with Gasteiger partial charge in [0.15, 0.2) is 0 Å². The molecule has 0 aromatic rings. The lowest BCUT2D eigenvalue weighted by molar-refractivity contribution is 0.887. The molecule has 0 aliphatic heterocycles. The van der Waals surface area contributed by atoms with Gasteiger partial charge in [-0.2, -0.15) is 0 Å². The Morgan fingerprint density at radius 1 is 2.00 bits per heavy atom. The van der Waals surface area contributed by atoms with Gasteiger partial charge in [0.25, 0.3) is 0 Å². The van der Waals surface area contributed by atoms with E-state index in [4.69, 9.17) is 0 Å². The van der Waals surface area contributed by atoms with Gasteiger partial charge in [-0.3, -0.25) is 0 Å². The van der Waals surface area contributed by atoms with Crippen LogP contribution in [0.1, 0.15) is 0 Å². The quantitative estimate of drug-likeness (QED) is 0.217. The third-order valence-electron chi connectivity index (χ3n) is 0.0546. The maximum Gasteiger partial charge on any atom is 0.837 e. The summed E-state index contributed by atoms with van der Waals surface area (Å²) >= 11 is 0. The second-order valence-electron chi connectivity index (χ2n) is 0.239. The van der Waals surface area contributed by atoms with E-state index >= 15 is 0 Å². The van der Waals surface area contributed by atoms with Crippen LogP contribution in [-0.2, 0) is 0 Å². The molecule has 0 saturated heterocycles. The van der Waals surface area contributed by atoms with Crippen LogP contribution in [0.4, 0.5) is 4.11 Å². The van der Waals surface area contributed by atoms with E-state index in [9.17, 15) is 4.11 Å². The van der Waals surface area contributed by atoms with Crippen LogP contribution in [0.15, 0.2) is 0 Å². The molecule has 4 heavy (non-hydrogen) atoms. The zero-order valence-corrected chi connectivity index (χ0v) is 2.96. The van der Waals surface area contributed by atoms with Crippen LogP contribution in [0.25, 0.3) is 0 Å². The summed E-state index contributed by atoms with van der Waals surface area (Å²) in [6.45, 7) is 0. The molecule has 0 atom stereocenters. The van der Waals surface area contributed by atoms with Crippen molar-refractivity contribution in [1.29, 1.82) is 0 Å². The van der Waals surface area contributed by atoms with Gasteiger partial charge in [-0.1, -0.05) is 6.42 Å². The fourth-order valence-corrected chi connectivity index (χ4v) is 0. The molecule has 0 aromatic heterocycles. The third kappa shape index (κ3) is 1.71. The zero-order chi connectivity index (χ0) is 3.41. The van der Waals surface area contributed by atoms with Crippen LogP contribution in [0, 0.1) is 12.0 Å². The van der Waals surface area contributed by atoms with Crippen molar-refractivity contribution in [3.63, 3.8) is 0 Å². The first-order valence-corrected chi connectivity index (χ1v) is 1.61. The van der Waals surface area contributed by atoms with Crippen molar-refractivity contribution in [2.45, 2.75) is 0 Å². The Morgan fingerprint density at radius 3 is 2.25 bits per heavy atom. The summed E-state index contributed by atoms with van der Waals surface area (Å²) in [5.41, 5.74) is 1.79. The SMILES string of the molecule is C#C[Si+]F. The van der Waals surface area contributed by atoms with Crippen molar-refractivity contribution < 1.29 is 4.11 Å². The van der Waals surface area contributed by atoms with Gasteiger partial charge >= 0.3 is 9.85 Å². The maximum atomic E-state index is 10.5. The topological polar surface area (TPSA) is 0 Å². The highest BCUT2D eigenvalue weighted by molar-refractivity contribution is 6.37. The van der Waals surface area contributed by atoms with E-state index in [1.807, 2.05) is 0 Å². The molecule has 1 radical (unpaired) electrons. The Balaban J connectivity index is 2.43. The summed E-state index contributed by atoms with van der Waals surface area (Å²) < 4.78 is 10.5. The lowest BCUT2D eigenvalue weighted by atomic mass is 11.4. The van der Waals surface area contributed by atoms with E-state index in [1.54, 1.807) is 5.54 Å². The lowest BCUT2D eigenvalue weighted by Gasteiger charge is -1.13. The van der Waals surface area contributed by atoms with Crippen molar-refractivity contribution in [1.82, 2.24) is 0 Å². The summed E-state index contributed by atoms with van der Waals surface area (Å²) in [6.07, 6.45) is 4.42. The largest absolute Gasteiger partial charge is 0.837 e. The normalized spacial score (nSPS) is 4.00. The number of rotatable bonds is 0. The summed E-state index contributed by atoms with van der Waals surface area (Å²) in [7, 11) is -0.832. The minimum atomic E-state index is -0.832. The van der Waals surface area contributed by atoms with E-state index in [1.165, 1.54) is 0 Å². The Morgan fingerprint density at radius 2 is 2.25 bits per heavy atom. The molecule has 0 unspecified atom stereocenters. The lowest BCUT2D eigenvalue weighted by Crippen LogP contribution is -1.60. The summed E-state index contributed by atoms with van der Waals surface area (Å²) in [5.74, 6) is 0. The standard InChI is InChI=1S/C2HFSi/c1-2-4-3/h1H/q+1. The highest BCUT2D eigenvalue weighted by atomic mass is 28.3. The minimum Gasteiger partial charge on any atom is -0.0805 e. The van der Waals surface area contributed by atoms with Crippen molar-refractivity contribution in [3.8, 4) is 12.0 Å². The predicted octanol–water partition coefficient (Wildman–Crippen LogP) is 0.166. The van der Waals surface area contributed by atoms with Gasteiger partial charge in [-0.15, -0.1) is 0 Å². The van der Waals surface area contributed by atoms with Gasteiger partial charge < -0.3 is 0 Å². The van der Waals surface area contributed by atoms with E-state index < -0.39 is 9.85 Å². The average Bonchev–Trinajstić information content (AvgIpc) is 1.37. The third-order valence-corrected chi connectivity index (χ3v) is 0.164. The number of halogens is 1. The summed E-state index contributed by atoms with van der Waals surface area (Å²) in [4.78, 5) is 0. The molecule has 19 valence electrons. The van der Waals surface area contributed by atoms with E-state index in [0.29, 0.717) is 0 Å². The first-order chi connectivity index (χ1) is 1.91. The summed E-state index contributed by atoms with van der Waals surface area (Å²) in [5, 5.41) is 0. The molecule has 0 rings (SSSR count). The van der Waals surface area contributed by atoms with E-state index in [0.717, 1.165) is 0 Å². The van der Waals surface area contributed by atoms with Crippen molar-refractivity contribution in [3.05, 3.63) is 0 Å². The fourth-order valence-electron chi connectivity index (χ4n) is 0. The maximum absolute atomic E-state index is 10.5. The van der Waals surface area contributed by atoms with Crippen molar-refractivity contribution >= 4 is 9.85 Å². The monoisotopic (exact) mass is 72.0 g/mol. The number of hydrogen-bond acceptors (Lipinski definition) is 0. The minimum absolute atomic E-state index is 0.832. The molecular formula is C2HFSi+. The molecule has 0 bridgehead atoms. The van der Waals surface area contributed by atoms with Crippen LogP contribution in [0.5, 0.6) is 0 Å². The van der Waals surface area contributed by atoms with Gasteiger partial charge in [0.05, 0.1) is 0 Å². The highest BCUT2D eigenvalue weighted by Crippen LogP contribution is 1.44. The molecule has 2 heteroatoms. The fraction of sp³-hybridized carbons (Fsp3) is 0. The van der Waals surface area contributed by atoms with E-state index in [2.05, 4.69) is 6.42 Å². The molecule has 0 spiro atoms. The Kier molecular flexibility index (Phi) is 2.51. The second kappa shape index (κ2) is 2.71. The molecule has 0 aromatic carbocycles. The number of terminal acetylenes is 1. The Labute approximate surface area is 27.0 Å². The molecule has 0 aliphatic carbocycles. The molecule has 0 heterocycles. The average molecular weight is 72.1 g/mol. The molecule has 0 fully saturated rings. The number of hydrogen-bond donors (Lipinski definition) is 0. The van der Waals surface area contributed by atoms with Gasteiger partial charge in [0.1, 0.15) is 5.54 Å². The molecular weight excluding hydrogens is 71.1 g/mol. The Bertz CT molecular complexity index is 35.8. The zero-order valence-electron chi connectivity index (χ0n) is 1.96. The van der Waals surface area contributed by atoms with Crippen LogP contribution >= 0.6 is 0 Å². The summed E-state index contributed by atoms with van der Waals surface area (Å²) in [6, 6.07) is 0. The first-order valence-electron chi connectivity index (χ1n) is 0.728. The smallest absolute Gasteiger partial charge is 0.0805 e. The second-order valence-corrected chi connectivity index (χ2v) is 0.716. The molecule has 0 nitrogen and oxygen atoms in total. The van der Waals surface area contributed by atoms with Crippen LogP contribution < -0.4 is 0 Å². The first kappa shape index (κ1) is 3.71. The molecule has 0 aliphatic rings. The van der Waals surface area contributed by atoms with Gasteiger partial charge in [0, 0.05) is 0 Å². The predicted molar refractivity (Wildman–Crippen MR) is 15.7 cm³/mol. The Hall–Kier alpha value is -0.293. The highest BCUT2D eigenvalue weighted by Gasteiger charge is 1.95. The van der Waals surface area contributed by atoms with Crippen LogP contribution in [0.2, 0.25) is 0 Å². The van der Waals surface area contributed by atoms with Gasteiger partial charge in [0.2, 0.25) is 0 Å². The van der Waals surface area contributed by atoms with Gasteiger partial charge in [-0.05, 0) is 4.11 Å². The van der Waals surface area contributed by atoms with E-state index in [-0.39, 0.29) is 0 Å². The van der Waals surface area contributed by atoms with Crippen molar-refractivity contribution in [2.75, 3.05) is 0 Å². The molecule has 0 saturated carbocycles. The van der Waals surface area contributed by atoms with Crippen LogP contribution in [-0.4, -0.2) is 9.85 Å². The molecule has 0 N–H and O–H groups in total. The van der Waals surface area contributed by atoms with Gasteiger partial charge in [-0.25, -0.2) is 0 Å². The molecule has 0 amide bonds.